The zero-order valence-electron chi connectivity index (χ0n) is 30.8. The van der Waals surface area contributed by atoms with Gasteiger partial charge in [0.25, 0.3) is 11.1 Å². The maximum absolute atomic E-state index is 13.5. The van der Waals surface area contributed by atoms with Crippen molar-refractivity contribution in [2.75, 3.05) is 0 Å². The van der Waals surface area contributed by atoms with E-state index in [1.54, 1.807) is 22.7 Å². The maximum atomic E-state index is 13.5. The molecular formula is C42H34N8O2S4. The second kappa shape index (κ2) is 13.8. The molecule has 4 aliphatic carbocycles. The highest BCUT2D eigenvalue weighted by Gasteiger charge is 2.51. The lowest BCUT2D eigenvalue weighted by molar-refractivity contribution is 0.343. The average Bonchev–Trinajstić information content (AvgIpc) is 4.05. The molecule has 9 rings (SSSR count). The molecule has 2 saturated carbocycles. The van der Waals surface area contributed by atoms with Crippen LogP contribution in [0.5, 0.6) is 0 Å². The molecule has 0 amide bonds. The van der Waals surface area contributed by atoms with Crippen LogP contribution in [0, 0.1) is 45.3 Å². The Morgan fingerprint density at radius 3 is 1.36 bits per heavy atom. The van der Waals surface area contributed by atoms with Crippen LogP contribution in [0.4, 0.5) is 0 Å². The van der Waals surface area contributed by atoms with Gasteiger partial charge >= 0.3 is 0 Å². The fourth-order valence-corrected chi connectivity index (χ4v) is 14.2. The number of fused-ring (bicyclic) bond motifs is 10. The zero-order valence-corrected chi connectivity index (χ0v) is 34.1. The van der Waals surface area contributed by atoms with Crippen molar-refractivity contribution in [1.82, 2.24) is 19.1 Å². The highest BCUT2D eigenvalue weighted by Crippen LogP contribution is 2.63. The van der Waals surface area contributed by atoms with Crippen LogP contribution in [-0.4, -0.2) is 19.1 Å². The summed E-state index contributed by atoms with van der Waals surface area (Å²) in [6.07, 6.45) is 14.5. The van der Waals surface area contributed by atoms with Gasteiger partial charge in [-0.25, -0.2) is 9.97 Å². The van der Waals surface area contributed by atoms with Crippen LogP contribution in [-0.2, 0) is 23.9 Å². The van der Waals surface area contributed by atoms with E-state index in [9.17, 15) is 30.6 Å². The molecule has 278 valence electrons. The maximum Gasteiger partial charge on any atom is 0.269 e. The first-order valence-corrected chi connectivity index (χ1v) is 22.3. The quantitative estimate of drug-likeness (QED) is 0.226. The topological polar surface area (TPSA) is 165 Å². The molecule has 4 aliphatic rings. The molecular weight excluding hydrogens is 777 g/mol. The number of nitrogens with zero attached hydrogens (tertiary/aromatic N) is 8. The van der Waals surface area contributed by atoms with Crippen LogP contribution in [0.3, 0.4) is 0 Å². The van der Waals surface area contributed by atoms with Gasteiger partial charge in [0.15, 0.2) is 11.1 Å². The highest BCUT2D eigenvalue weighted by molar-refractivity contribution is 7.17. The second-order valence-electron chi connectivity index (χ2n) is 14.8. The van der Waals surface area contributed by atoms with Crippen molar-refractivity contribution in [3.8, 4) is 45.2 Å². The van der Waals surface area contributed by atoms with Crippen LogP contribution < -0.4 is 29.5 Å². The largest absolute Gasteiger partial charge is 0.298 e. The lowest BCUT2D eigenvalue weighted by Gasteiger charge is -2.36. The minimum absolute atomic E-state index is 0.0623. The summed E-state index contributed by atoms with van der Waals surface area (Å²) < 4.78 is 4.69. The van der Waals surface area contributed by atoms with Gasteiger partial charge in [-0.1, -0.05) is 38.5 Å². The molecule has 4 aromatic heterocycles. The van der Waals surface area contributed by atoms with E-state index in [1.165, 1.54) is 76.7 Å². The molecule has 1 aromatic carbocycles. The Morgan fingerprint density at radius 1 is 0.643 bits per heavy atom. The standard InChI is InChI=1S/C42H34N8O2S4/c1-3-49-37(51)29(53-39(49)23(19-43)20-44)17-31-47-35-33(55-31)25-15-28-26(16-27(25)41(35)11-7-5-8-12-41)34-36(42(28)13-9-6-10-14-42)48-32(56-34)18-30-38(52)50(4-2)40(54-30)24(21-45)22-46/h15-18H,3-14H2,1-2H3/b29-17-,30-18-. The predicted molar refractivity (Wildman–Crippen MR) is 220 cm³/mol. The number of benzene rings is 1. The van der Waals surface area contributed by atoms with Gasteiger partial charge in [-0.2, -0.15) is 21.0 Å². The van der Waals surface area contributed by atoms with Crippen molar-refractivity contribution in [2.45, 2.75) is 102 Å². The molecule has 10 nitrogen and oxygen atoms in total. The van der Waals surface area contributed by atoms with Crippen molar-refractivity contribution in [2.24, 2.45) is 0 Å². The molecule has 56 heavy (non-hydrogen) atoms. The molecule has 0 atom stereocenters. The molecule has 2 spiro atoms. The highest BCUT2D eigenvalue weighted by atomic mass is 32.1. The Kier molecular flexibility index (Phi) is 8.95. The number of nitriles is 4. The second-order valence-corrected chi connectivity index (χ2v) is 18.9. The monoisotopic (exact) mass is 810 g/mol. The lowest BCUT2D eigenvalue weighted by atomic mass is 9.67. The molecule has 5 aromatic rings. The summed E-state index contributed by atoms with van der Waals surface area (Å²) in [6.45, 7) is 4.40. The molecule has 0 bridgehead atoms. The number of rotatable bonds is 4. The number of hydrogen-bond acceptors (Lipinski definition) is 12. The van der Waals surface area contributed by atoms with Gasteiger partial charge in [0.1, 0.15) is 43.6 Å². The van der Waals surface area contributed by atoms with E-state index in [1.807, 2.05) is 50.3 Å². The van der Waals surface area contributed by atoms with Gasteiger partial charge in [-0.3, -0.25) is 18.7 Å². The van der Waals surface area contributed by atoms with E-state index in [2.05, 4.69) is 12.1 Å². The molecule has 0 saturated heterocycles. The minimum Gasteiger partial charge on any atom is -0.298 e. The van der Waals surface area contributed by atoms with Crippen LogP contribution in [0.15, 0.2) is 21.7 Å². The lowest BCUT2D eigenvalue weighted by Crippen LogP contribution is -2.31. The summed E-state index contributed by atoms with van der Waals surface area (Å²) >= 11 is 5.60. The molecule has 0 unspecified atom stereocenters. The van der Waals surface area contributed by atoms with Crippen molar-refractivity contribution >= 4 is 68.6 Å². The van der Waals surface area contributed by atoms with Gasteiger partial charge < -0.3 is 0 Å². The van der Waals surface area contributed by atoms with Crippen LogP contribution in [0.25, 0.3) is 44.2 Å². The Hall–Kier alpha value is -5.22. The third-order valence-corrected chi connectivity index (χ3v) is 16.5. The third kappa shape index (κ3) is 5.17. The first-order chi connectivity index (χ1) is 27.2. The molecule has 0 aliphatic heterocycles. The Balaban J connectivity index is 1.23. The van der Waals surface area contributed by atoms with Crippen molar-refractivity contribution < 1.29 is 0 Å². The molecule has 2 fully saturated rings. The van der Waals surface area contributed by atoms with E-state index < -0.39 is 0 Å². The van der Waals surface area contributed by atoms with E-state index in [0.29, 0.717) is 31.5 Å². The Bertz CT molecular complexity index is 2830. The number of aromatic nitrogens is 4. The van der Waals surface area contributed by atoms with E-state index in [4.69, 9.17) is 9.97 Å². The van der Waals surface area contributed by atoms with Gasteiger partial charge in [0.05, 0.1) is 30.2 Å². The van der Waals surface area contributed by atoms with Crippen LogP contribution in [0.1, 0.15) is 111 Å². The summed E-state index contributed by atoms with van der Waals surface area (Å²) in [7, 11) is 0. The van der Waals surface area contributed by atoms with Gasteiger partial charge in [-0.05, 0) is 86.1 Å². The summed E-state index contributed by atoms with van der Waals surface area (Å²) in [5.41, 5.74) is 6.31. The van der Waals surface area contributed by atoms with Crippen molar-refractivity contribution in [1.29, 1.82) is 21.0 Å². The predicted octanol–water partition coefficient (Wildman–Crippen LogP) is 5.60. The van der Waals surface area contributed by atoms with Crippen molar-refractivity contribution in [3.63, 3.8) is 0 Å². The van der Waals surface area contributed by atoms with E-state index >= 15 is 0 Å². The first-order valence-electron chi connectivity index (χ1n) is 19.0. The number of hydrogen-bond donors (Lipinski definition) is 0. The van der Waals surface area contributed by atoms with E-state index in [0.717, 1.165) is 72.8 Å². The van der Waals surface area contributed by atoms with E-state index in [-0.39, 0.29) is 33.1 Å². The SMILES string of the molecule is CCn1c(=C(C#N)C#N)s/c(=C\c2nc3c(s2)-c2cc4c(cc2C32CCCCC2)-c2sc(/C=c3\sc(=C(C#N)C#N)n(CC)c3=O)nc2C42CCCCC2)c1=O. The Labute approximate surface area is 337 Å². The molecule has 14 heteroatoms. The zero-order chi connectivity index (χ0) is 38.9. The third-order valence-electron chi connectivity index (χ3n) is 12.1. The molecule has 0 N–H and O–H groups in total. The van der Waals surface area contributed by atoms with Gasteiger partial charge in [0, 0.05) is 23.9 Å². The fourth-order valence-electron chi connectivity index (χ4n) is 9.61. The summed E-state index contributed by atoms with van der Waals surface area (Å²) in [5.74, 6) is 0. The number of thiazole rings is 4. The normalized spacial score (nSPS) is 17.5. The molecule has 4 heterocycles. The summed E-state index contributed by atoms with van der Waals surface area (Å²) in [5, 5.41) is 39.8. The molecule has 0 radical (unpaired) electrons. The summed E-state index contributed by atoms with van der Waals surface area (Å²) in [6, 6.07) is 12.7. The minimum atomic E-state index is -0.232. The van der Waals surface area contributed by atoms with Crippen molar-refractivity contribution in [3.05, 3.63) is 83.8 Å². The fraction of sp³-hybridized carbons (Fsp3) is 0.381. The van der Waals surface area contributed by atoms with Crippen LogP contribution >= 0.6 is 45.3 Å². The average molecular weight is 811 g/mol. The smallest absolute Gasteiger partial charge is 0.269 e. The van der Waals surface area contributed by atoms with Gasteiger partial charge in [0.2, 0.25) is 0 Å². The first kappa shape index (κ1) is 36.4. The van der Waals surface area contributed by atoms with Crippen LogP contribution in [0.2, 0.25) is 0 Å². The Morgan fingerprint density at radius 2 is 1.02 bits per heavy atom. The summed E-state index contributed by atoms with van der Waals surface area (Å²) in [4.78, 5) is 39.9. The van der Waals surface area contributed by atoms with Gasteiger partial charge in [-0.15, -0.1) is 45.3 Å².